The molecule has 1 rings (SSSR count). The van der Waals surface area contributed by atoms with Gasteiger partial charge in [-0.1, -0.05) is 34.7 Å². The Balaban J connectivity index is 2.33. The fourth-order valence-electron chi connectivity index (χ4n) is 1.24. The Kier molecular flexibility index (Phi) is 3.69. The largest absolute Gasteiger partial charge is 0.351 e. The van der Waals surface area contributed by atoms with Crippen LogP contribution in [0.1, 0.15) is 6.42 Å². The van der Waals surface area contributed by atoms with E-state index >= 15 is 0 Å². The monoisotopic (exact) mass is 244 g/mol. The molecule has 1 amide bonds. The van der Waals surface area contributed by atoms with E-state index < -0.39 is 0 Å². The molecule has 0 aliphatic heterocycles. The number of nitrogens with one attached hydrogen (secondary N) is 1. The maximum atomic E-state index is 11.4. The Hall–Kier alpha value is -0.610. The van der Waals surface area contributed by atoms with E-state index in [4.69, 9.17) is 5.73 Å². The predicted molar refractivity (Wildman–Crippen MR) is 56.3 cm³/mol. The molecular weight excluding hydrogens is 232 g/mol. The second-order valence-electron chi connectivity index (χ2n) is 3.13. The van der Waals surface area contributed by atoms with Gasteiger partial charge in [0.05, 0.1) is 5.92 Å². The third-order valence-corrected chi connectivity index (χ3v) is 2.19. The normalized spacial score (nSPS) is 26.0. The lowest BCUT2D eigenvalue weighted by Crippen LogP contribution is -2.31. The summed E-state index contributed by atoms with van der Waals surface area (Å²) in [5.41, 5.74) is 5.63. The van der Waals surface area contributed by atoms with Crippen LogP contribution in [-0.4, -0.2) is 18.5 Å². The van der Waals surface area contributed by atoms with Gasteiger partial charge in [0, 0.05) is 17.1 Å². The van der Waals surface area contributed by atoms with E-state index in [1.54, 1.807) is 0 Å². The zero-order valence-electron chi connectivity index (χ0n) is 7.29. The van der Waals surface area contributed by atoms with Crippen molar-refractivity contribution in [2.45, 2.75) is 12.5 Å². The van der Waals surface area contributed by atoms with Crippen LogP contribution in [0.5, 0.6) is 0 Å². The molecule has 0 aromatic rings. The van der Waals surface area contributed by atoms with Crippen LogP contribution in [0.4, 0.5) is 0 Å². The number of rotatable bonds is 3. The molecular formula is C9H13BrN2O. The summed E-state index contributed by atoms with van der Waals surface area (Å²) >= 11 is 3.17. The molecule has 0 bridgehead atoms. The summed E-state index contributed by atoms with van der Waals surface area (Å²) in [6.07, 6.45) is 4.44. The third-order valence-electron chi connectivity index (χ3n) is 1.91. The molecule has 13 heavy (non-hydrogen) atoms. The van der Waals surface area contributed by atoms with Gasteiger partial charge in [0.2, 0.25) is 5.91 Å². The van der Waals surface area contributed by atoms with Crippen molar-refractivity contribution < 1.29 is 4.79 Å². The topological polar surface area (TPSA) is 55.1 Å². The van der Waals surface area contributed by atoms with Crippen molar-refractivity contribution >= 4 is 21.8 Å². The zero-order chi connectivity index (χ0) is 9.84. The van der Waals surface area contributed by atoms with Crippen LogP contribution in [0, 0.1) is 5.92 Å². The van der Waals surface area contributed by atoms with Gasteiger partial charge in [0.25, 0.3) is 0 Å². The lowest BCUT2D eigenvalue weighted by Gasteiger charge is -2.09. The molecule has 0 spiro atoms. The summed E-state index contributed by atoms with van der Waals surface area (Å²) in [6.45, 7) is 4.10. The number of carbonyl (C=O) groups is 1. The van der Waals surface area contributed by atoms with Gasteiger partial charge in [-0.2, -0.15) is 0 Å². The molecule has 0 heterocycles. The molecule has 1 aliphatic rings. The Morgan fingerprint density at radius 1 is 1.69 bits per heavy atom. The van der Waals surface area contributed by atoms with Crippen molar-refractivity contribution in [2.24, 2.45) is 11.7 Å². The fraction of sp³-hybridized carbons (Fsp3) is 0.444. The van der Waals surface area contributed by atoms with Gasteiger partial charge in [-0.25, -0.2) is 0 Å². The Labute approximate surface area is 86.2 Å². The van der Waals surface area contributed by atoms with E-state index in [0.717, 1.165) is 4.48 Å². The molecule has 0 aromatic heterocycles. The third kappa shape index (κ3) is 3.32. The standard InChI is InChI=1S/C9H13BrN2O/c1-6(10)5-12-9(13)7-2-3-8(11)4-7/h2-3,7-8H,1,4-5,11H2,(H,12,13). The highest BCUT2D eigenvalue weighted by Crippen LogP contribution is 2.16. The van der Waals surface area contributed by atoms with Crippen LogP contribution in [0.2, 0.25) is 0 Å². The highest BCUT2D eigenvalue weighted by molar-refractivity contribution is 9.11. The number of hydrogen-bond acceptors (Lipinski definition) is 2. The van der Waals surface area contributed by atoms with Crippen LogP contribution >= 0.6 is 15.9 Å². The second kappa shape index (κ2) is 4.58. The molecule has 3 nitrogen and oxygen atoms in total. The van der Waals surface area contributed by atoms with Crippen LogP contribution in [0.15, 0.2) is 23.2 Å². The van der Waals surface area contributed by atoms with Crippen molar-refractivity contribution in [3.8, 4) is 0 Å². The summed E-state index contributed by atoms with van der Waals surface area (Å²) in [7, 11) is 0. The second-order valence-corrected chi connectivity index (χ2v) is 4.25. The van der Waals surface area contributed by atoms with E-state index in [-0.39, 0.29) is 17.9 Å². The van der Waals surface area contributed by atoms with Crippen molar-refractivity contribution in [2.75, 3.05) is 6.54 Å². The Morgan fingerprint density at radius 3 is 2.85 bits per heavy atom. The SMILES string of the molecule is C=C(Br)CNC(=O)C1C=CC(N)C1. The number of halogens is 1. The minimum absolute atomic E-state index is 0.0183. The van der Waals surface area contributed by atoms with Gasteiger partial charge in [-0.15, -0.1) is 0 Å². The molecule has 2 unspecified atom stereocenters. The van der Waals surface area contributed by atoms with Gasteiger partial charge in [0.15, 0.2) is 0 Å². The minimum Gasteiger partial charge on any atom is -0.351 e. The first-order chi connectivity index (χ1) is 6.09. The van der Waals surface area contributed by atoms with E-state index in [2.05, 4.69) is 27.8 Å². The van der Waals surface area contributed by atoms with E-state index in [1.807, 2.05) is 12.2 Å². The molecule has 72 valence electrons. The number of hydrogen-bond donors (Lipinski definition) is 2. The lowest BCUT2D eigenvalue weighted by atomic mass is 10.1. The molecule has 0 aromatic carbocycles. The quantitative estimate of drug-likeness (QED) is 0.726. The zero-order valence-corrected chi connectivity index (χ0v) is 8.88. The van der Waals surface area contributed by atoms with Gasteiger partial charge in [-0.05, 0) is 6.42 Å². The van der Waals surface area contributed by atoms with E-state index in [1.165, 1.54) is 0 Å². The average Bonchev–Trinajstić information content (AvgIpc) is 2.47. The predicted octanol–water partition coefficient (Wildman–Crippen LogP) is 0.915. The van der Waals surface area contributed by atoms with Gasteiger partial charge in [-0.3, -0.25) is 4.79 Å². The maximum Gasteiger partial charge on any atom is 0.227 e. The highest BCUT2D eigenvalue weighted by Gasteiger charge is 2.21. The van der Waals surface area contributed by atoms with Crippen molar-refractivity contribution in [3.63, 3.8) is 0 Å². The van der Waals surface area contributed by atoms with Crippen LogP contribution < -0.4 is 11.1 Å². The van der Waals surface area contributed by atoms with Gasteiger partial charge in [0.1, 0.15) is 0 Å². The Morgan fingerprint density at radius 2 is 2.38 bits per heavy atom. The summed E-state index contributed by atoms with van der Waals surface area (Å²) in [4.78, 5) is 11.4. The molecule has 4 heteroatoms. The Bertz CT molecular complexity index is 250. The molecule has 3 N–H and O–H groups in total. The average molecular weight is 245 g/mol. The first kappa shape index (κ1) is 10.5. The summed E-state index contributed by atoms with van der Waals surface area (Å²) < 4.78 is 0.770. The summed E-state index contributed by atoms with van der Waals surface area (Å²) in [5.74, 6) is -0.0494. The molecule has 0 saturated carbocycles. The lowest BCUT2D eigenvalue weighted by molar-refractivity contribution is -0.123. The first-order valence-corrected chi connectivity index (χ1v) is 4.94. The van der Waals surface area contributed by atoms with Crippen molar-refractivity contribution in [1.29, 1.82) is 0 Å². The van der Waals surface area contributed by atoms with Crippen molar-refractivity contribution in [1.82, 2.24) is 5.32 Å². The van der Waals surface area contributed by atoms with E-state index in [9.17, 15) is 4.79 Å². The minimum atomic E-state index is -0.0677. The first-order valence-electron chi connectivity index (χ1n) is 4.14. The summed E-state index contributed by atoms with van der Waals surface area (Å²) in [5, 5.41) is 2.75. The van der Waals surface area contributed by atoms with Gasteiger partial charge < -0.3 is 11.1 Å². The number of nitrogens with two attached hydrogens (primary N) is 1. The number of carbonyl (C=O) groups excluding carboxylic acids is 1. The highest BCUT2D eigenvalue weighted by atomic mass is 79.9. The maximum absolute atomic E-state index is 11.4. The van der Waals surface area contributed by atoms with Gasteiger partial charge >= 0.3 is 0 Å². The smallest absolute Gasteiger partial charge is 0.227 e. The van der Waals surface area contributed by atoms with Crippen LogP contribution in [0.3, 0.4) is 0 Å². The molecule has 1 aliphatic carbocycles. The molecule has 0 radical (unpaired) electrons. The molecule has 2 atom stereocenters. The van der Waals surface area contributed by atoms with Crippen LogP contribution in [0.25, 0.3) is 0 Å². The molecule has 0 fully saturated rings. The summed E-state index contributed by atoms with van der Waals surface area (Å²) in [6, 6.07) is 0.0305. The fourth-order valence-corrected chi connectivity index (χ4v) is 1.38. The molecule has 0 saturated heterocycles. The van der Waals surface area contributed by atoms with Crippen LogP contribution in [-0.2, 0) is 4.79 Å². The number of amides is 1. The van der Waals surface area contributed by atoms with E-state index in [0.29, 0.717) is 13.0 Å². The van der Waals surface area contributed by atoms with Crippen molar-refractivity contribution in [3.05, 3.63) is 23.2 Å².